The van der Waals surface area contributed by atoms with Gasteiger partial charge >= 0.3 is 5.97 Å². The van der Waals surface area contributed by atoms with Crippen LogP contribution in [0.2, 0.25) is 0 Å². The van der Waals surface area contributed by atoms with Crippen molar-refractivity contribution in [1.29, 1.82) is 0 Å². The molecule has 3 N–H and O–H groups in total. The predicted octanol–water partition coefficient (Wildman–Crippen LogP) is -0.337. The molecule has 0 aromatic carbocycles. The molecule has 1 atom stereocenters. The minimum Gasteiger partial charge on any atom is -0.503 e. The number of hydrogen-bond donors (Lipinski definition) is 3. The van der Waals surface area contributed by atoms with E-state index in [1.807, 2.05) is 13.8 Å². The Bertz CT molecular complexity index is 737. The summed E-state index contributed by atoms with van der Waals surface area (Å²) in [6, 6.07) is 0. The number of nitrogens with one attached hydrogen (secondary N) is 1. The second-order valence-corrected chi connectivity index (χ2v) is 6.52. The van der Waals surface area contributed by atoms with Gasteiger partial charge in [0.2, 0.25) is 5.43 Å². The average Bonchev–Trinajstić information content (AvgIpc) is 2.43. The molecule has 8 heteroatoms. The Morgan fingerprint density at radius 2 is 2.09 bits per heavy atom. The van der Waals surface area contributed by atoms with Crippen molar-refractivity contribution in [3.05, 3.63) is 27.7 Å². The van der Waals surface area contributed by atoms with E-state index in [4.69, 9.17) is 5.11 Å². The summed E-state index contributed by atoms with van der Waals surface area (Å²) in [5.74, 6) is -2.70. The number of aromatic hydroxyl groups is 1. The third kappa shape index (κ3) is 2.07. The Morgan fingerprint density at radius 1 is 1.41 bits per heavy atom. The SMILES string of the molecule is CC1(C)CNC2Cn3cc(C(=O)O)c(=O)c(O)c3C(=O)N2C1. The monoisotopic (exact) mass is 307 g/mol. The standard InChI is InChI=1S/C14H17N3O5/c1-14(2)5-15-8-4-16-3-7(13(21)22)10(18)11(19)9(16)12(20)17(8)6-14/h3,8,15,19H,4-6H2,1-2H3,(H,21,22). The third-order valence-corrected chi connectivity index (χ3v) is 4.11. The molecule has 1 amide bonds. The Kier molecular flexibility index (Phi) is 3.03. The molecule has 1 aromatic heterocycles. The Morgan fingerprint density at radius 3 is 2.73 bits per heavy atom. The minimum absolute atomic E-state index is 0.120. The number of rotatable bonds is 1. The topological polar surface area (TPSA) is 112 Å². The van der Waals surface area contributed by atoms with Crippen LogP contribution in [0.4, 0.5) is 0 Å². The fraction of sp³-hybridized carbons (Fsp3) is 0.500. The highest BCUT2D eigenvalue weighted by Gasteiger charge is 2.41. The maximum Gasteiger partial charge on any atom is 0.341 e. The molecule has 0 radical (unpaired) electrons. The van der Waals surface area contributed by atoms with E-state index in [0.29, 0.717) is 6.54 Å². The Hall–Kier alpha value is -2.35. The van der Waals surface area contributed by atoms with E-state index in [-0.39, 0.29) is 23.8 Å². The van der Waals surface area contributed by atoms with Gasteiger partial charge in [0.05, 0.1) is 6.54 Å². The summed E-state index contributed by atoms with van der Waals surface area (Å²) < 4.78 is 1.34. The number of hydrogen-bond acceptors (Lipinski definition) is 5. The van der Waals surface area contributed by atoms with Crippen molar-refractivity contribution < 1.29 is 19.8 Å². The summed E-state index contributed by atoms with van der Waals surface area (Å²) >= 11 is 0. The Balaban J connectivity index is 2.12. The second-order valence-electron chi connectivity index (χ2n) is 6.52. The molecule has 0 saturated carbocycles. The van der Waals surface area contributed by atoms with Crippen molar-refractivity contribution >= 4 is 11.9 Å². The molecule has 2 aliphatic rings. The number of carboxylic acid groups (broad SMARTS) is 1. The summed E-state index contributed by atoms with van der Waals surface area (Å²) in [5.41, 5.74) is -1.84. The number of aromatic nitrogens is 1. The van der Waals surface area contributed by atoms with Crippen LogP contribution >= 0.6 is 0 Å². The molecule has 1 saturated heterocycles. The predicted molar refractivity (Wildman–Crippen MR) is 75.9 cm³/mol. The molecule has 0 spiro atoms. The third-order valence-electron chi connectivity index (χ3n) is 4.11. The fourth-order valence-corrected chi connectivity index (χ4v) is 3.00. The minimum atomic E-state index is -1.43. The molecule has 0 bridgehead atoms. The van der Waals surface area contributed by atoms with Gasteiger partial charge in [-0.15, -0.1) is 0 Å². The molecule has 1 aromatic rings. The van der Waals surface area contributed by atoms with Crippen LogP contribution in [-0.2, 0) is 6.54 Å². The smallest absolute Gasteiger partial charge is 0.341 e. The van der Waals surface area contributed by atoms with Crippen LogP contribution < -0.4 is 10.7 Å². The van der Waals surface area contributed by atoms with Crippen molar-refractivity contribution in [1.82, 2.24) is 14.8 Å². The van der Waals surface area contributed by atoms with Gasteiger partial charge in [0.25, 0.3) is 5.91 Å². The van der Waals surface area contributed by atoms with E-state index >= 15 is 0 Å². The van der Waals surface area contributed by atoms with Crippen molar-refractivity contribution in [2.75, 3.05) is 13.1 Å². The number of amides is 1. The first kappa shape index (κ1) is 14.6. The molecule has 2 aliphatic heterocycles. The number of carbonyl (C=O) groups is 2. The van der Waals surface area contributed by atoms with Gasteiger partial charge in [-0.05, 0) is 5.41 Å². The summed E-state index contributed by atoms with van der Waals surface area (Å²) in [4.78, 5) is 37.2. The van der Waals surface area contributed by atoms with Crippen LogP contribution in [0, 0.1) is 5.41 Å². The zero-order valence-corrected chi connectivity index (χ0v) is 12.3. The van der Waals surface area contributed by atoms with Gasteiger partial charge in [-0.25, -0.2) is 4.79 Å². The highest BCUT2D eigenvalue weighted by molar-refractivity contribution is 5.97. The van der Waals surface area contributed by atoms with Crippen LogP contribution in [0.15, 0.2) is 11.0 Å². The zero-order chi connectivity index (χ0) is 16.2. The molecule has 3 rings (SSSR count). The van der Waals surface area contributed by atoms with E-state index in [2.05, 4.69) is 5.32 Å². The van der Waals surface area contributed by atoms with Gasteiger partial charge in [0.15, 0.2) is 11.4 Å². The van der Waals surface area contributed by atoms with Crippen LogP contribution in [0.25, 0.3) is 0 Å². The van der Waals surface area contributed by atoms with E-state index in [9.17, 15) is 19.5 Å². The lowest BCUT2D eigenvalue weighted by Crippen LogP contribution is -2.64. The molecule has 1 fully saturated rings. The van der Waals surface area contributed by atoms with Crippen molar-refractivity contribution in [3.63, 3.8) is 0 Å². The number of fused-ring (bicyclic) bond motifs is 2. The summed E-state index contributed by atoms with van der Waals surface area (Å²) in [6.45, 7) is 5.52. The quantitative estimate of drug-likeness (QED) is 0.654. The first-order valence-electron chi connectivity index (χ1n) is 6.95. The van der Waals surface area contributed by atoms with Crippen LogP contribution in [0.1, 0.15) is 34.7 Å². The molecule has 0 aliphatic carbocycles. The lowest BCUT2D eigenvalue weighted by Gasteiger charge is -2.47. The summed E-state index contributed by atoms with van der Waals surface area (Å²) in [6.07, 6.45) is 0.840. The number of carboxylic acids is 1. The Labute approximate surface area is 126 Å². The number of aromatic carboxylic acids is 1. The van der Waals surface area contributed by atoms with Crippen LogP contribution in [0.3, 0.4) is 0 Å². The maximum atomic E-state index is 12.6. The van der Waals surface area contributed by atoms with E-state index in [1.54, 1.807) is 4.90 Å². The molecule has 3 heterocycles. The number of pyridine rings is 1. The second kappa shape index (κ2) is 4.57. The van der Waals surface area contributed by atoms with Gasteiger partial charge in [0.1, 0.15) is 11.7 Å². The molecular formula is C14H17N3O5. The first-order chi connectivity index (χ1) is 10.2. The lowest BCUT2D eigenvalue weighted by molar-refractivity contribution is 0.0218. The normalized spacial score (nSPS) is 22.9. The lowest BCUT2D eigenvalue weighted by atomic mass is 9.89. The van der Waals surface area contributed by atoms with Crippen LogP contribution in [-0.4, -0.2) is 50.8 Å². The molecule has 8 nitrogen and oxygen atoms in total. The van der Waals surface area contributed by atoms with Crippen molar-refractivity contribution in [2.45, 2.75) is 26.6 Å². The van der Waals surface area contributed by atoms with E-state index in [1.165, 1.54) is 4.57 Å². The average molecular weight is 307 g/mol. The number of carbonyl (C=O) groups excluding carboxylic acids is 1. The molecule has 118 valence electrons. The van der Waals surface area contributed by atoms with Crippen molar-refractivity contribution in [2.24, 2.45) is 5.41 Å². The fourth-order valence-electron chi connectivity index (χ4n) is 3.00. The maximum absolute atomic E-state index is 12.6. The largest absolute Gasteiger partial charge is 0.503 e. The zero-order valence-electron chi connectivity index (χ0n) is 12.3. The van der Waals surface area contributed by atoms with Gasteiger partial charge in [-0.3, -0.25) is 14.9 Å². The first-order valence-corrected chi connectivity index (χ1v) is 6.95. The molecule has 22 heavy (non-hydrogen) atoms. The molecular weight excluding hydrogens is 290 g/mol. The van der Waals surface area contributed by atoms with Gasteiger partial charge in [0, 0.05) is 19.3 Å². The van der Waals surface area contributed by atoms with E-state index < -0.39 is 28.6 Å². The number of nitrogens with zero attached hydrogens (tertiary/aromatic N) is 2. The highest BCUT2D eigenvalue weighted by atomic mass is 16.4. The van der Waals surface area contributed by atoms with Crippen molar-refractivity contribution in [3.8, 4) is 5.75 Å². The van der Waals surface area contributed by atoms with Gasteiger partial charge in [-0.2, -0.15) is 0 Å². The van der Waals surface area contributed by atoms with Gasteiger partial charge in [-0.1, -0.05) is 13.8 Å². The van der Waals surface area contributed by atoms with Crippen LogP contribution in [0.5, 0.6) is 5.75 Å². The summed E-state index contributed by atoms with van der Waals surface area (Å²) in [7, 11) is 0. The van der Waals surface area contributed by atoms with E-state index in [0.717, 1.165) is 12.7 Å². The summed E-state index contributed by atoms with van der Waals surface area (Å²) in [5, 5.41) is 22.3. The molecule has 1 unspecified atom stereocenters. The highest BCUT2D eigenvalue weighted by Crippen LogP contribution is 2.29. The van der Waals surface area contributed by atoms with Gasteiger partial charge < -0.3 is 19.7 Å².